The molecule has 0 fully saturated rings. The van der Waals surface area contributed by atoms with E-state index in [2.05, 4.69) is 5.32 Å². The third-order valence-electron chi connectivity index (χ3n) is 4.01. The highest BCUT2D eigenvalue weighted by Gasteiger charge is 2.30. The average molecular weight is 397 g/mol. The minimum atomic E-state index is -4.46. The Labute approximate surface area is 166 Å². The van der Waals surface area contributed by atoms with Crippen molar-refractivity contribution in [2.75, 3.05) is 5.32 Å². The quantitative estimate of drug-likeness (QED) is 0.523. The Hall–Kier alpha value is -3.54. The summed E-state index contributed by atoms with van der Waals surface area (Å²) in [5.41, 5.74) is 1.09. The van der Waals surface area contributed by atoms with E-state index in [-0.39, 0.29) is 5.69 Å². The molecule has 3 aromatic carbocycles. The maximum atomic E-state index is 12.7. The molecule has 0 aromatic heterocycles. The van der Waals surface area contributed by atoms with E-state index in [9.17, 15) is 18.0 Å². The van der Waals surface area contributed by atoms with Gasteiger partial charge in [0.05, 0.1) is 5.56 Å². The van der Waals surface area contributed by atoms with E-state index in [4.69, 9.17) is 4.74 Å². The molecule has 0 saturated carbocycles. The molecule has 0 aliphatic rings. The predicted octanol–water partition coefficient (Wildman–Crippen LogP) is 5.94. The highest BCUT2D eigenvalue weighted by molar-refractivity contribution is 6.01. The van der Waals surface area contributed by atoms with E-state index < -0.39 is 17.6 Å². The molecule has 1 N–H and O–H groups in total. The zero-order valence-electron chi connectivity index (χ0n) is 15.3. The Morgan fingerprint density at radius 3 is 2.34 bits per heavy atom. The van der Waals surface area contributed by atoms with Crippen molar-refractivity contribution in [2.45, 2.75) is 12.8 Å². The lowest BCUT2D eigenvalue weighted by Crippen LogP contribution is -2.10. The smallest absolute Gasteiger partial charge is 0.416 e. The lowest BCUT2D eigenvalue weighted by molar-refractivity contribution is -0.137. The van der Waals surface area contributed by atoms with Gasteiger partial charge in [0.2, 0.25) is 5.91 Å². The molecule has 0 bridgehead atoms. The molecule has 0 aliphatic carbocycles. The maximum Gasteiger partial charge on any atom is 0.416 e. The SMILES string of the molecule is O=C(C=Cc1ccc(OCc2ccccc2)cc1)Nc1cccc(C(F)(F)F)c1. The molecule has 3 aromatic rings. The number of halogens is 3. The van der Waals surface area contributed by atoms with Crippen LogP contribution in [0.2, 0.25) is 0 Å². The second kappa shape index (κ2) is 9.10. The molecule has 1 amide bonds. The summed E-state index contributed by atoms with van der Waals surface area (Å²) < 4.78 is 43.9. The number of carbonyl (C=O) groups excluding carboxylic acids is 1. The van der Waals surface area contributed by atoms with Crippen molar-refractivity contribution < 1.29 is 22.7 Å². The lowest BCUT2D eigenvalue weighted by atomic mass is 10.2. The van der Waals surface area contributed by atoms with Crippen LogP contribution in [0.25, 0.3) is 6.08 Å². The Kier molecular flexibility index (Phi) is 6.34. The highest BCUT2D eigenvalue weighted by Crippen LogP contribution is 2.30. The van der Waals surface area contributed by atoms with Crippen molar-refractivity contribution >= 4 is 17.7 Å². The Morgan fingerprint density at radius 2 is 1.66 bits per heavy atom. The van der Waals surface area contributed by atoms with Crippen LogP contribution in [-0.2, 0) is 17.6 Å². The van der Waals surface area contributed by atoms with Crippen LogP contribution in [0.3, 0.4) is 0 Å². The van der Waals surface area contributed by atoms with E-state index in [1.54, 1.807) is 30.3 Å². The van der Waals surface area contributed by atoms with E-state index in [1.165, 1.54) is 18.2 Å². The number of anilines is 1. The summed E-state index contributed by atoms with van der Waals surface area (Å²) in [5.74, 6) is 0.174. The van der Waals surface area contributed by atoms with Gasteiger partial charge in [-0.1, -0.05) is 48.5 Å². The molecular weight excluding hydrogens is 379 g/mol. The van der Waals surface area contributed by atoms with Gasteiger partial charge in [-0.05, 0) is 47.5 Å². The Morgan fingerprint density at radius 1 is 0.931 bits per heavy atom. The number of hydrogen-bond acceptors (Lipinski definition) is 2. The summed E-state index contributed by atoms with van der Waals surface area (Å²) >= 11 is 0. The highest BCUT2D eigenvalue weighted by atomic mass is 19.4. The normalized spacial score (nSPS) is 11.4. The van der Waals surface area contributed by atoms with Crippen LogP contribution in [0, 0.1) is 0 Å². The van der Waals surface area contributed by atoms with Crippen molar-refractivity contribution in [3.8, 4) is 5.75 Å². The number of amides is 1. The third kappa shape index (κ3) is 6.24. The van der Waals surface area contributed by atoms with Gasteiger partial charge in [0.25, 0.3) is 0 Å². The van der Waals surface area contributed by atoms with Crippen molar-refractivity contribution in [1.29, 1.82) is 0 Å². The van der Waals surface area contributed by atoms with Crippen molar-refractivity contribution in [3.05, 3.63) is 102 Å². The molecule has 0 atom stereocenters. The van der Waals surface area contributed by atoms with Crippen molar-refractivity contribution in [2.24, 2.45) is 0 Å². The number of carbonyl (C=O) groups is 1. The first-order chi connectivity index (χ1) is 13.9. The number of nitrogens with one attached hydrogen (secondary N) is 1. The standard InChI is InChI=1S/C23H18F3NO2/c24-23(25,26)19-7-4-8-20(15-19)27-22(28)14-11-17-9-12-21(13-10-17)29-16-18-5-2-1-3-6-18/h1-15H,16H2,(H,27,28). The van der Waals surface area contributed by atoms with E-state index in [0.717, 1.165) is 23.3 Å². The summed E-state index contributed by atoms with van der Waals surface area (Å²) in [6.45, 7) is 0.454. The second-order valence-corrected chi connectivity index (χ2v) is 6.24. The molecule has 0 heterocycles. The van der Waals surface area contributed by atoms with Gasteiger partial charge in [-0.25, -0.2) is 0 Å². The van der Waals surface area contributed by atoms with Crippen LogP contribution in [0.15, 0.2) is 84.9 Å². The monoisotopic (exact) mass is 397 g/mol. The molecule has 3 nitrogen and oxygen atoms in total. The molecule has 0 spiro atoms. The Bertz CT molecular complexity index is 981. The summed E-state index contributed by atoms with van der Waals surface area (Å²) in [7, 11) is 0. The van der Waals surface area contributed by atoms with Crippen LogP contribution in [0.1, 0.15) is 16.7 Å². The maximum absolute atomic E-state index is 12.7. The molecule has 148 valence electrons. The lowest BCUT2D eigenvalue weighted by Gasteiger charge is -2.08. The number of benzene rings is 3. The first-order valence-electron chi connectivity index (χ1n) is 8.83. The summed E-state index contributed by atoms with van der Waals surface area (Å²) in [6, 6.07) is 21.4. The minimum Gasteiger partial charge on any atom is -0.489 e. The van der Waals surface area contributed by atoms with Crippen LogP contribution < -0.4 is 10.1 Å². The molecule has 0 unspecified atom stereocenters. The Balaban J connectivity index is 1.55. The number of rotatable bonds is 6. The van der Waals surface area contributed by atoms with Crippen molar-refractivity contribution in [3.63, 3.8) is 0 Å². The predicted molar refractivity (Wildman–Crippen MR) is 106 cm³/mol. The fourth-order valence-electron chi connectivity index (χ4n) is 2.55. The van der Waals surface area contributed by atoms with Crippen molar-refractivity contribution in [1.82, 2.24) is 0 Å². The van der Waals surface area contributed by atoms with E-state index in [0.29, 0.717) is 12.4 Å². The van der Waals surface area contributed by atoms with Gasteiger partial charge in [0.15, 0.2) is 0 Å². The molecule has 0 saturated heterocycles. The molecule has 0 aliphatic heterocycles. The number of alkyl halides is 3. The average Bonchev–Trinajstić information content (AvgIpc) is 2.72. The molecule has 3 rings (SSSR count). The first kappa shape index (κ1) is 20.2. The summed E-state index contributed by atoms with van der Waals surface area (Å²) in [5, 5.41) is 2.42. The van der Waals surface area contributed by atoms with E-state index in [1.807, 2.05) is 30.3 Å². The van der Waals surface area contributed by atoms with Gasteiger partial charge in [-0.2, -0.15) is 13.2 Å². The minimum absolute atomic E-state index is 0.0825. The summed E-state index contributed by atoms with van der Waals surface area (Å²) in [4.78, 5) is 12.0. The van der Waals surface area contributed by atoms with Crippen LogP contribution in [-0.4, -0.2) is 5.91 Å². The zero-order valence-corrected chi connectivity index (χ0v) is 15.3. The van der Waals surface area contributed by atoms with Gasteiger partial charge in [0.1, 0.15) is 12.4 Å². The van der Waals surface area contributed by atoms with Gasteiger partial charge in [-0.3, -0.25) is 4.79 Å². The largest absolute Gasteiger partial charge is 0.489 e. The van der Waals surface area contributed by atoms with Crippen LogP contribution in [0.5, 0.6) is 5.75 Å². The van der Waals surface area contributed by atoms with Gasteiger partial charge >= 0.3 is 6.18 Å². The topological polar surface area (TPSA) is 38.3 Å². The molecule has 29 heavy (non-hydrogen) atoms. The fourth-order valence-corrected chi connectivity index (χ4v) is 2.55. The molecule has 0 radical (unpaired) electrons. The van der Waals surface area contributed by atoms with Gasteiger partial charge in [-0.15, -0.1) is 0 Å². The van der Waals surface area contributed by atoms with Crippen LogP contribution in [0.4, 0.5) is 18.9 Å². The third-order valence-corrected chi connectivity index (χ3v) is 4.01. The zero-order chi connectivity index (χ0) is 20.7. The summed E-state index contributed by atoms with van der Waals surface area (Å²) in [6.07, 6.45) is -1.62. The van der Waals surface area contributed by atoms with E-state index >= 15 is 0 Å². The molecular formula is C23H18F3NO2. The number of hydrogen-bond donors (Lipinski definition) is 1. The van der Waals surface area contributed by atoms with Gasteiger partial charge in [0, 0.05) is 11.8 Å². The fraction of sp³-hybridized carbons (Fsp3) is 0.0870. The first-order valence-corrected chi connectivity index (χ1v) is 8.83. The second-order valence-electron chi connectivity index (χ2n) is 6.24. The number of ether oxygens (including phenoxy) is 1. The van der Waals surface area contributed by atoms with Crippen LogP contribution >= 0.6 is 0 Å². The molecule has 6 heteroatoms. The van der Waals surface area contributed by atoms with Gasteiger partial charge < -0.3 is 10.1 Å².